The van der Waals surface area contributed by atoms with Crippen LogP contribution >= 0.6 is 0 Å². The van der Waals surface area contributed by atoms with E-state index in [1.807, 2.05) is 24.3 Å². The van der Waals surface area contributed by atoms with Crippen LogP contribution in [0, 0.1) is 11.9 Å². The van der Waals surface area contributed by atoms with E-state index in [0.717, 1.165) is 43.5 Å². The number of imidazole rings is 1. The van der Waals surface area contributed by atoms with Gasteiger partial charge in [-0.3, -0.25) is 4.79 Å². The van der Waals surface area contributed by atoms with Gasteiger partial charge in [0.15, 0.2) is 0 Å². The summed E-state index contributed by atoms with van der Waals surface area (Å²) >= 11 is 0. The highest BCUT2D eigenvalue weighted by molar-refractivity contribution is 5.98. The van der Waals surface area contributed by atoms with Gasteiger partial charge in [-0.2, -0.15) is 4.39 Å². The molecule has 7 rings (SSSR count). The molecule has 30 heavy (non-hydrogen) atoms. The van der Waals surface area contributed by atoms with E-state index in [9.17, 15) is 9.18 Å². The summed E-state index contributed by atoms with van der Waals surface area (Å²) in [6.45, 7) is 3.16. The molecule has 3 aliphatic heterocycles. The van der Waals surface area contributed by atoms with E-state index >= 15 is 0 Å². The number of para-hydroxylation sites is 2. The average Bonchev–Trinajstić information content (AvgIpc) is 3.19. The Morgan fingerprint density at radius 3 is 2.73 bits per heavy atom. The molecule has 1 atom stereocenters. The van der Waals surface area contributed by atoms with Crippen LogP contribution in [-0.2, 0) is 0 Å². The van der Waals surface area contributed by atoms with Crippen molar-refractivity contribution in [2.24, 2.45) is 5.92 Å². The number of hydrogen-bond donors (Lipinski definition) is 3. The molecular formula is C22H21FN6O. The number of hydrogen-bond acceptors (Lipinski definition) is 5. The lowest BCUT2D eigenvalue weighted by molar-refractivity contribution is 0.0976. The number of benzene rings is 1. The van der Waals surface area contributed by atoms with E-state index in [2.05, 4.69) is 30.2 Å². The Balaban J connectivity index is 1.56. The minimum absolute atomic E-state index is 0.205. The van der Waals surface area contributed by atoms with Crippen LogP contribution in [0.15, 0.2) is 41.3 Å². The Kier molecular flexibility index (Phi) is 3.89. The Bertz CT molecular complexity index is 1290. The number of anilines is 1. The zero-order valence-corrected chi connectivity index (χ0v) is 16.3. The van der Waals surface area contributed by atoms with Gasteiger partial charge < -0.3 is 20.2 Å². The monoisotopic (exact) mass is 404 g/mol. The quantitative estimate of drug-likeness (QED) is 0.457. The molecule has 0 saturated carbocycles. The summed E-state index contributed by atoms with van der Waals surface area (Å²) in [7, 11) is 0. The SMILES string of the molecule is O=c1[nH]c2cnc(F)cc2c(NC2CN3CCC2CC3)c1-c1nc2ccccc2[nH]1. The molecule has 6 heterocycles. The molecule has 4 aromatic rings. The third-order valence-corrected chi connectivity index (χ3v) is 6.48. The zero-order chi connectivity index (χ0) is 20.2. The van der Waals surface area contributed by atoms with Crippen LogP contribution in [0.1, 0.15) is 12.8 Å². The second kappa shape index (κ2) is 6.63. The molecule has 3 N–H and O–H groups in total. The summed E-state index contributed by atoms with van der Waals surface area (Å²) < 4.78 is 14.1. The summed E-state index contributed by atoms with van der Waals surface area (Å²) in [5.74, 6) is 0.432. The van der Waals surface area contributed by atoms with Crippen molar-refractivity contribution in [3.8, 4) is 11.4 Å². The number of nitrogens with zero attached hydrogens (tertiary/aromatic N) is 3. The highest BCUT2D eigenvalue weighted by Crippen LogP contribution is 2.35. The number of aromatic nitrogens is 4. The van der Waals surface area contributed by atoms with E-state index < -0.39 is 5.95 Å². The highest BCUT2D eigenvalue weighted by atomic mass is 19.1. The molecule has 3 aliphatic rings. The van der Waals surface area contributed by atoms with Gasteiger partial charge >= 0.3 is 0 Å². The van der Waals surface area contributed by atoms with Crippen LogP contribution in [0.5, 0.6) is 0 Å². The molecule has 152 valence electrons. The van der Waals surface area contributed by atoms with Crippen molar-refractivity contribution in [3.63, 3.8) is 0 Å². The fourth-order valence-electron chi connectivity index (χ4n) is 4.93. The minimum atomic E-state index is -0.581. The summed E-state index contributed by atoms with van der Waals surface area (Å²) in [4.78, 5) is 30.0. The van der Waals surface area contributed by atoms with Crippen LogP contribution < -0.4 is 10.9 Å². The number of H-pyrrole nitrogens is 2. The molecular weight excluding hydrogens is 383 g/mol. The highest BCUT2D eigenvalue weighted by Gasteiger charge is 2.35. The fourth-order valence-corrected chi connectivity index (χ4v) is 4.93. The van der Waals surface area contributed by atoms with E-state index in [1.54, 1.807) is 0 Å². The Morgan fingerprint density at radius 2 is 1.97 bits per heavy atom. The smallest absolute Gasteiger partial charge is 0.261 e. The molecule has 3 fully saturated rings. The molecule has 3 saturated heterocycles. The van der Waals surface area contributed by atoms with Crippen molar-refractivity contribution >= 4 is 27.6 Å². The van der Waals surface area contributed by atoms with Crippen molar-refractivity contribution in [1.29, 1.82) is 0 Å². The molecule has 3 aromatic heterocycles. The summed E-state index contributed by atoms with van der Waals surface area (Å²) in [6.07, 6.45) is 3.64. The first-order valence-corrected chi connectivity index (χ1v) is 10.3. The zero-order valence-electron chi connectivity index (χ0n) is 16.3. The molecule has 1 aromatic carbocycles. The maximum absolute atomic E-state index is 14.1. The van der Waals surface area contributed by atoms with Crippen LogP contribution in [0.25, 0.3) is 33.3 Å². The van der Waals surface area contributed by atoms with Gasteiger partial charge in [0.2, 0.25) is 5.95 Å². The average molecular weight is 404 g/mol. The number of nitrogens with one attached hydrogen (secondary N) is 3. The van der Waals surface area contributed by atoms with Crippen LogP contribution in [0.3, 0.4) is 0 Å². The van der Waals surface area contributed by atoms with Gasteiger partial charge in [-0.25, -0.2) is 9.97 Å². The van der Waals surface area contributed by atoms with E-state index in [0.29, 0.717) is 33.9 Å². The van der Waals surface area contributed by atoms with Gasteiger partial charge in [0.25, 0.3) is 5.56 Å². The molecule has 0 spiro atoms. The maximum atomic E-state index is 14.1. The van der Waals surface area contributed by atoms with Gasteiger partial charge in [0, 0.05) is 24.0 Å². The number of halogens is 1. The first-order chi connectivity index (χ1) is 14.7. The lowest BCUT2D eigenvalue weighted by Gasteiger charge is -2.45. The molecule has 0 aliphatic carbocycles. The van der Waals surface area contributed by atoms with Gasteiger partial charge in [0.1, 0.15) is 11.4 Å². The van der Waals surface area contributed by atoms with E-state index in [-0.39, 0.29) is 11.6 Å². The van der Waals surface area contributed by atoms with Gasteiger partial charge in [-0.15, -0.1) is 0 Å². The fraction of sp³-hybridized carbons (Fsp3) is 0.318. The minimum Gasteiger partial charge on any atom is -0.379 e. The second-order valence-corrected chi connectivity index (χ2v) is 8.25. The topological polar surface area (TPSA) is 89.7 Å². The lowest BCUT2D eigenvalue weighted by Crippen LogP contribution is -2.53. The van der Waals surface area contributed by atoms with Crippen LogP contribution in [-0.4, -0.2) is 50.5 Å². The third-order valence-electron chi connectivity index (χ3n) is 6.48. The standard InChI is InChI=1S/C22H21FN6O/c23-18-9-13-16(10-24-18)28-22(30)19(21-26-14-3-1-2-4-15(14)27-21)20(13)25-17-11-29-7-5-12(17)6-8-29/h1-4,9-10,12,17H,5-8,11H2,(H,26,27)(H2,25,28,30). The summed E-state index contributed by atoms with van der Waals surface area (Å²) in [5, 5.41) is 4.22. The molecule has 0 radical (unpaired) electrons. The predicted octanol–water partition coefficient (Wildman–Crippen LogP) is 3.11. The van der Waals surface area contributed by atoms with Gasteiger partial charge in [0.05, 0.1) is 28.4 Å². The predicted molar refractivity (Wildman–Crippen MR) is 114 cm³/mol. The van der Waals surface area contributed by atoms with Crippen molar-refractivity contribution in [2.45, 2.75) is 18.9 Å². The van der Waals surface area contributed by atoms with Crippen LogP contribution in [0.4, 0.5) is 10.1 Å². The lowest BCUT2D eigenvalue weighted by atomic mass is 9.83. The number of aromatic amines is 2. The van der Waals surface area contributed by atoms with Crippen molar-refractivity contribution in [1.82, 2.24) is 24.8 Å². The Morgan fingerprint density at radius 1 is 1.13 bits per heavy atom. The molecule has 1 unspecified atom stereocenters. The van der Waals surface area contributed by atoms with Crippen molar-refractivity contribution in [3.05, 3.63) is 52.8 Å². The first-order valence-electron chi connectivity index (χ1n) is 10.3. The molecule has 8 heteroatoms. The van der Waals surface area contributed by atoms with Crippen molar-refractivity contribution in [2.75, 3.05) is 25.0 Å². The summed E-state index contributed by atoms with van der Waals surface area (Å²) in [6, 6.07) is 9.23. The first kappa shape index (κ1) is 17.6. The Labute approximate surface area is 171 Å². The maximum Gasteiger partial charge on any atom is 0.261 e. The van der Waals surface area contributed by atoms with Crippen LogP contribution in [0.2, 0.25) is 0 Å². The third kappa shape index (κ3) is 2.79. The number of rotatable bonds is 3. The molecule has 2 bridgehead atoms. The van der Waals surface area contributed by atoms with Gasteiger partial charge in [-0.05, 0) is 44.0 Å². The Hall–Kier alpha value is -3.26. The van der Waals surface area contributed by atoms with E-state index in [4.69, 9.17) is 0 Å². The van der Waals surface area contributed by atoms with E-state index in [1.165, 1.54) is 12.3 Å². The molecule has 0 amide bonds. The number of piperidine rings is 3. The summed E-state index contributed by atoms with van der Waals surface area (Å²) in [5.41, 5.74) is 2.88. The second-order valence-electron chi connectivity index (χ2n) is 8.25. The van der Waals surface area contributed by atoms with Crippen molar-refractivity contribution < 1.29 is 4.39 Å². The molecule has 7 nitrogen and oxygen atoms in total. The largest absolute Gasteiger partial charge is 0.379 e. The number of pyridine rings is 2. The van der Waals surface area contributed by atoms with Gasteiger partial charge in [-0.1, -0.05) is 12.1 Å². The number of fused-ring (bicyclic) bond motifs is 5. The normalized spacial score (nSPS) is 23.3.